The van der Waals surface area contributed by atoms with Crippen molar-refractivity contribution in [2.24, 2.45) is 0 Å². The molecule has 4 rings (SSSR count). The topological polar surface area (TPSA) is 79.4 Å². The number of thiazole rings is 1. The van der Waals surface area contributed by atoms with Gasteiger partial charge in [-0.05, 0) is 55.7 Å². The number of hydrogen-bond donors (Lipinski definition) is 1. The highest BCUT2D eigenvalue weighted by Crippen LogP contribution is 2.28. The van der Waals surface area contributed by atoms with E-state index in [2.05, 4.69) is 36.3 Å². The van der Waals surface area contributed by atoms with Gasteiger partial charge < -0.3 is 0 Å². The molecule has 0 aliphatic carbocycles. The largest absolute Gasteiger partial charge is 0.298 e. The van der Waals surface area contributed by atoms with Crippen molar-refractivity contribution in [3.8, 4) is 11.3 Å². The van der Waals surface area contributed by atoms with Gasteiger partial charge >= 0.3 is 0 Å². The van der Waals surface area contributed by atoms with E-state index in [-0.39, 0.29) is 11.7 Å². The van der Waals surface area contributed by atoms with Crippen molar-refractivity contribution < 1.29 is 13.2 Å². The number of aromatic nitrogens is 1. The maximum Gasteiger partial charge on any atom is 0.257 e. The SMILES string of the molecule is Cc1ccc(-c2csc(NC(=O)c3cccc(N4CCCS4(=O)=O)c3)n2)cc1C. The zero-order valence-corrected chi connectivity index (χ0v) is 17.8. The van der Waals surface area contributed by atoms with Crippen molar-refractivity contribution >= 4 is 38.1 Å². The van der Waals surface area contributed by atoms with Gasteiger partial charge in [-0.2, -0.15) is 0 Å². The number of amides is 1. The monoisotopic (exact) mass is 427 g/mol. The maximum atomic E-state index is 12.7. The predicted molar refractivity (Wildman–Crippen MR) is 117 cm³/mol. The summed E-state index contributed by atoms with van der Waals surface area (Å²) >= 11 is 1.36. The third kappa shape index (κ3) is 4.04. The molecule has 29 heavy (non-hydrogen) atoms. The van der Waals surface area contributed by atoms with E-state index in [0.717, 1.165) is 11.3 Å². The van der Waals surface area contributed by atoms with Crippen molar-refractivity contribution in [3.63, 3.8) is 0 Å². The van der Waals surface area contributed by atoms with Gasteiger partial charge in [0.1, 0.15) is 0 Å². The average molecular weight is 428 g/mol. The van der Waals surface area contributed by atoms with E-state index in [1.807, 2.05) is 11.4 Å². The second-order valence-electron chi connectivity index (χ2n) is 7.08. The molecule has 0 spiro atoms. The summed E-state index contributed by atoms with van der Waals surface area (Å²) in [6.45, 7) is 4.56. The molecule has 8 heteroatoms. The molecule has 0 bridgehead atoms. The van der Waals surface area contributed by atoms with Gasteiger partial charge in [0.2, 0.25) is 10.0 Å². The smallest absolute Gasteiger partial charge is 0.257 e. The molecule has 1 aliphatic rings. The van der Waals surface area contributed by atoms with Crippen molar-refractivity contribution in [1.29, 1.82) is 0 Å². The molecule has 0 atom stereocenters. The summed E-state index contributed by atoms with van der Waals surface area (Å²) in [7, 11) is -3.28. The molecule has 0 saturated carbocycles. The Bertz CT molecular complexity index is 1190. The van der Waals surface area contributed by atoms with Gasteiger partial charge in [-0.3, -0.25) is 14.4 Å². The molecule has 2 heterocycles. The molecule has 0 unspecified atom stereocenters. The fraction of sp³-hybridized carbons (Fsp3) is 0.238. The minimum Gasteiger partial charge on any atom is -0.298 e. The number of anilines is 2. The van der Waals surface area contributed by atoms with Gasteiger partial charge in [0.05, 0.1) is 17.1 Å². The molecular formula is C21H21N3O3S2. The van der Waals surface area contributed by atoms with Crippen molar-refractivity contribution in [1.82, 2.24) is 4.98 Å². The number of benzene rings is 2. The lowest BCUT2D eigenvalue weighted by Gasteiger charge is -2.17. The quantitative estimate of drug-likeness (QED) is 0.676. The van der Waals surface area contributed by atoms with Crippen LogP contribution in [0.2, 0.25) is 0 Å². The molecule has 0 radical (unpaired) electrons. The summed E-state index contributed by atoms with van der Waals surface area (Å²) in [6.07, 6.45) is 0.596. The zero-order valence-electron chi connectivity index (χ0n) is 16.2. The number of carbonyl (C=O) groups excluding carboxylic acids is 1. The fourth-order valence-electron chi connectivity index (χ4n) is 3.27. The summed E-state index contributed by atoms with van der Waals surface area (Å²) in [5.41, 5.74) is 5.14. The lowest BCUT2D eigenvalue weighted by Crippen LogP contribution is -2.25. The number of aryl methyl sites for hydroxylation is 2. The van der Waals surface area contributed by atoms with E-state index in [0.29, 0.717) is 29.3 Å². The van der Waals surface area contributed by atoms with Crippen molar-refractivity contribution in [2.45, 2.75) is 20.3 Å². The Morgan fingerprint density at radius 1 is 1.14 bits per heavy atom. The lowest BCUT2D eigenvalue weighted by molar-refractivity contribution is 0.102. The number of carbonyl (C=O) groups is 1. The van der Waals surface area contributed by atoms with Gasteiger partial charge in [0, 0.05) is 23.1 Å². The Labute approximate surface area is 174 Å². The lowest BCUT2D eigenvalue weighted by atomic mass is 10.1. The molecule has 2 aromatic carbocycles. The highest BCUT2D eigenvalue weighted by molar-refractivity contribution is 7.93. The Hall–Kier alpha value is -2.71. The Morgan fingerprint density at radius 2 is 1.97 bits per heavy atom. The van der Waals surface area contributed by atoms with Gasteiger partial charge in [-0.25, -0.2) is 13.4 Å². The van der Waals surface area contributed by atoms with Gasteiger partial charge in [-0.1, -0.05) is 18.2 Å². The van der Waals surface area contributed by atoms with Crippen LogP contribution in [0.4, 0.5) is 10.8 Å². The van der Waals surface area contributed by atoms with Crippen LogP contribution in [-0.2, 0) is 10.0 Å². The van der Waals surface area contributed by atoms with E-state index in [1.54, 1.807) is 24.3 Å². The molecule has 150 valence electrons. The third-order valence-corrected chi connectivity index (χ3v) is 7.65. The molecular weight excluding hydrogens is 406 g/mol. The number of rotatable bonds is 4. The molecule has 1 N–H and O–H groups in total. The zero-order chi connectivity index (χ0) is 20.6. The summed E-state index contributed by atoms with van der Waals surface area (Å²) in [6, 6.07) is 12.8. The van der Waals surface area contributed by atoms with Crippen LogP contribution in [0.1, 0.15) is 27.9 Å². The van der Waals surface area contributed by atoms with E-state index >= 15 is 0 Å². The number of nitrogens with one attached hydrogen (secondary N) is 1. The second kappa shape index (κ2) is 7.61. The Morgan fingerprint density at radius 3 is 2.69 bits per heavy atom. The first-order valence-electron chi connectivity index (χ1n) is 9.28. The van der Waals surface area contributed by atoms with Gasteiger partial charge in [-0.15, -0.1) is 11.3 Å². The maximum absolute atomic E-state index is 12.7. The molecule has 1 amide bonds. The molecule has 1 aliphatic heterocycles. The molecule has 1 aromatic heterocycles. The first-order valence-corrected chi connectivity index (χ1v) is 11.8. The van der Waals surface area contributed by atoms with Crippen LogP contribution in [0.3, 0.4) is 0 Å². The molecule has 1 fully saturated rings. The van der Waals surface area contributed by atoms with E-state index in [4.69, 9.17) is 0 Å². The Balaban J connectivity index is 1.52. The van der Waals surface area contributed by atoms with Crippen LogP contribution in [0.25, 0.3) is 11.3 Å². The number of nitrogens with zero attached hydrogens (tertiary/aromatic N) is 2. The molecule has 6 nitrogen and oxygen atoms in total. The van der Waals surface area contributed by atoms with Crippen LogP contribution in [0.15, 0.2) is 47.8 Å². The third-order valence-electron chi connectivity index (χ3n) is 5.02. The summed E-state index contributed by atoms with van der Waals surface area (Å²) < 4.78 is 25.6. The standard InChI is InChI=1S/C21H21N3O3S2/c1-14-7-8-16(11-15(14)2)19-13-28-21(22-19)23-20(25)17-5-3-6-18(12-17)24-9-4-10-29(24,26)27/h3,5-8,11-13H,4,9-10H2,1-2H3,(H,22,23,25). The second-order valence-corrected chi connectivity index (χ2v) is 9.95. The van der Waals surface area contributed by atoms with Crippen LogP contribution >= 0.6 is 11.3 Å². The van der Waals surface area contributed by atoms with Crippen LogP contribution in [0.5, 0.6) is 0 Å². The van der Waals surface area contributed by atoms with Crippen molar-refractivity contribution in [3.05, 3.63) is 64.5 Å². The van der Waals surface area contributed by atoms with Crippen LogP contribution in [-0.4, -0.2) is 31.6 Å². The van der Waals surface area contributed by atoms with Crippen molar-refractivity contribution in [2.75, 3.05) is 21.9 Å². The van der Waals surface area contributed by atoms with Crippen LogP contribution < -0.4 is 9.62 Å². The minimum atomic E-state index is -3.28. The van der Waals surface area contributed by atoms with E-state index < -0.39 is 10.0 Å². The highest BCUT2D eigenvalue weighted by Gasteiger charge is 2.28. The first kappa shape index (κ1) is 19.6. The predicted octanol–water partition coefficient (Wildman–Crippen LogP) is 4.22. The normalized spacial score (nSPS) is 15.4. The fourth-order valence-corrected chi connectivity index (χ4v) is 5.54. The van der Waals surface area contributed by atoms with Crippen LogP contribution in [0, 0.1) is 13.8 Å². The van der Waals surface area contributed by atoms with E-state index in [9.17, 15) is 13.2 Å². The first-order chi connectivity index (χ1) is 13.8. The van der Waals surface area contributed by atoms with Gasteiger partial charge in [0.25, 0.3) is 5.91 Å². The molecule has 3 aromatic rings. The molecule has 1 saturated heterocycles. The number of sulfonamides is 1. The Kier molecular flexibility index (Phi) is 5.14. The highest BCUT2D eigenvalue weighted by atomic mass is 32.2. The number of hydrogen-bond acceptors (Lipinski definition) is 5. The van der Waals surface area contributed by atoms with E-state index in [1.165, 1.54) is 26.8 Å². The summed E-state index contributed by atoms with van der Waals surface area (Å²) in [4.78, 5) is 17.2. The van der Waals surface area contributed by atoms with Gasteiger partial charge in [0.15, 0.2) is 5.13 Å². The summed E-state index contributed by atoms with van der Waals surface area (Å²) in [5, 5.41) is 5.23. The minimum absolute atomic E-state index is 0.143. The summed E-state index contributed by atoms with van der Waals surface area (Å²) in [5.74, 6) is -0.173. The average Bonchev–Trinajstić information content (AvgIpc) is 3.30.